The summed E-state index contributed by atoms with van der Waals surface area (Å²) in [6.45, 7) is -0.137. The van der Waals surface area contributed by atoms with Gasteiger partial charge in [-0.2, -0.15) is 0 Å². The monoisotopic (exact) mass is 382 g/mol. The summed E-state index contributed by atoms with van der Waals surface area (Å²) in [6, 6.07) is 2.51. The number of imide groups is 1. The average molecular weight is 383 g/mol. The lowest BCUT2D eigenvalue weighted by Gasteiger charge is -2.06. The summed E-state index contributed by atoms with van der Waals surface area (Å²) in [5, 5.41) is 20.0. The number of carbonyl (C=O) groups is 2. The van der Waals surface area contributed by atoms with E-state index in [0.29, 0.717) is 17.3 Å². The number of nitrogens with zero attached hydrogens (tertiary/aromatic N) is 2. The number of aromatic hydroxyl groups is 1. The first kappa shape index (κ1) is 16.1. The molecule has 0 atom stereocenters. The molecule has 0 bridgehead atoms. The topological polar surface area (TPSA) is 101 Å². The maximum absolute atomic E-state index is 12.0. The van der Waals surface area contributed by atoms with Crippen LogP contribution >= 0.6 is 27.7 Å². The zero-order valence-corrected chi connectivity index (χ0v) is 13.2. The van der Waals surface area contributed by atoms with Gasteiger partial charge in [-0.1, -0.05) is 5.92 Å². The van der Waals surface area contributed by atoms with Crippen LogP contribution in [-0.2, 0) is 4.79 Å². The Morgan fingerprint density at radius 3 is 2.77 bits per heavy atom. The Bertz CT molecular complexity index is 768. The minimum atomic E-state index is -0.749. The average Bonchev–Trinajstić information content (AvgIpc) is 2.70. The van der Waals surface area contributed by atoms with Crippen molar-refractivity contribution in [1.29, 1.82) is 0 Å². The number of nitro groups is 1. The van der Waals surface area contributed by atoms with E-state index in [1.54, 1.807) is 0 Å². The highest BCUT2D eigenvalue weighted by Gasteiger charge is 2.34. The molecule has 0 aliphatic carbocycles. The summed E-state index contributed by atoms with van der Waals surface area (Å²) in [4.78, 5) is 34.8. The lowest BCUT2D eigenvalue weighted by Crippen LogP contribution is -2.28. The third-order valence-corrected chi connectivity index (χ3v) is 4.19. The van der Waals surface area contributed by atoms with Gasteiger partial charge in [-0.3, -0.25) is 24.6 Å². The molecule has 1 aliphatic rings. The SMILES string of the molecule is C#CCN1C(=O)S/C(=C/c2cc(Br)c(O)c([N+](=O)[O-])c2)C1=O. The number of nitro benzene ring substituents is 1. The molecule has 7 nitrogen and oxygen atoms in total. The smallest absolute Gasteiger partial charge is 0.312 e. The van der Waals surface area contributed by atoms with E-state index in [4.69, 9.17) is 6.42 Å². The Kier molecular flexibility index (Phi) is 4.54. The van der Waals surface area contributed by atoms with Crippen molar-refractivity contribution in [3.05, 3.63) is 37.2 Å². The molecular formula is C13H7BrN2O5S. The Balaban J connectivity index is 2.43. The van der Waals surface area contributed by atoms with E-state index in [9.17, 15) is 24.8 Å². The van der Waals surface area contributed by atoms with Gasteiger partial charge in [-0.25, -0.2) is 0 Å². The van der Waals surface area contributed by atoms with E-state index in [-0.39, 0.29) is 15.9 Å². The van der Waals surface area contributed by atoms with Gasteiger partial charge in [0.25, 0.3) is 11.1 Å². The summed E-state index contributed by atoms with van der Waals surface area (Å²) >= 11 is 3.70. The predicted octanol–water partition coefficient (Wildman–Crippen LogP) is 2.73. The number of benzene rings is 1. The Hall–Kier alpha value is -2.31. The molecule has 0 saturated carbocycles. The molecule has 0 unspecified atom stereocenters. The van der Waals surface area contributed by atoms with Crippen LogP contribution in [0.15, 0.2) is 21.5 Å². The van der Waals surface area contributed by atoms with Crippen LogP contribution < -0.4 is 0 Å². The number of phenolic OH excluding ortho intramolecular Hbond substituents is 1. The predicted molar refractivity (Wildman–Crippen MR) is 84.0 cm³/mol. The fraction of sp³-hybridized carbons (Fsp3) is 0.0769. The van der Waals surface area contributed by atoms with Crippen molar-refractivity contribution >= 4 is 50.6 Å². The fourth-order valence-electron chi connectivity index (χ4n) is 1.71. The van der Waals surface area contributed by atoms with E-state index in [0.717, 1.165) is 11.0 Å². The van der Waals surface area contributed by atoms with Crippen LogP contribution in [0.4, 0.5) is 10.5 Å². The maximum atomic E-state index is 12.0. The molecule has 1 aromatic rings. The van der Waals surface area contributed by atoms with Crippen LogP contribution in [0.1, 0.15) is 5.56 Å². The van der Waals surface area contributed by atoms with Gasteiger partial charge in [-0.05, 0) is 45.4 Å². The van der Waals surface area contributed by atoms with Crippen molar-refractivity contribution in [3.8, 4) is 18.1 Å². The molecular weight excluding hydrogens is 376 g/mol. The second-order valence-corrected chi connectivity index (χ2v) is 5.95. The molecule has 22 heavy (non-hydrogen) atoms. The number of hydrogen-bond donors (Lipinski definition) is 1. The first-order chi connectivity index (χ1) is 10.3. The molecule has 112 valence electrons. The lowest BCUT2D eigenvalue weighted by atomic mass is 10.1. The van der Waals surface area contributed by atoms with Crippen molar-refractivity contribution in [3.63, 3.8) is 0 Å². The highest BCUT2D eigenvalue weighted by atomic mass is 79.9. The van der Waals surface area contributed by atoms with Crippen LogP contribution in [0.25, 0.3) is 6.08 Å². The summed E-state index contributed by atoms with van der Waals surface area (Å²) in [5.74, 6) is 1.14. The first-order valence-corrected chi connectivity index (χ1v) is 7.32. The summed E-state index contributed by atoms with van der Waals surface area (Å²) in [7, 11) is 0. The molecule has 0 aromatic heterocycles. The number of rotatable bonds is 3. The van der Waals surface area contributed by atoms with E-state index in [2.05, 4.69) is 21.9 Å². The molecule has 0 radical (unpaired) electrons. The number of phenols is 1. The molecule has 1 aliphatic heterocycles. The van der Waals surface area contributed by atoms with Crippen LogP contribution in [0.2, 0.25) is 0 Å². The van der Waals surface area contributed by atoms with Gasteiger partial charge in [0.15, 0.2) is 0 Å². The Labute approximate surface area is 137 Å². The normalized spacial score (nSPS) is 16.2. The van der Waals surface area contributed by atoms with Crippen LogP contribution in [0, 0.1) is 22.5 Å². The zero-order valence-electron chi connectivity index (χ0n) is 10.8. The van der Waals surface area contributed by atoms with E-state index in [1.165, 1.54) is 12.1 Å². The van der Waals surface area contributed by atoms with Gasteiger partial charge in [0.2, 0.25) is 5.75 Å². The number of hydrogen-bond acceptors (Lipinski definition) is 6. The summed E-state index contributed by atoms with van der Waals surface area (Å²) < 4.78 is 0.107. The van der Waals surface area contributed by atoms with E-state index >= 15 is 0 Å². The molecule has 1 saturated heterocycles. The molecule has 1 aromatic carbocycles. The summed E-state index contributed by atoms with van der Waals surface area (Å²) in [5.41, 5.74) is -0.217. The number of halogens is 1. The maximum Gasteiger partial charge on any atom is 0.312 e. The molecule has 9 heteroatoms. The molecule has 2 amide bonds. The second kappa shape index (κ2) is 6.21. The third-order valence-electron chi connectivity index (χ3n) is 2.68. The van der Waals surface area contributed by atoms with Crippen LogP contribution in [0.3, 0.4) is 0 Å². The fourth-order valence-corrected chi connectivity index (χ4v) is 3.01. The van der Waals surface area contributed by atoms with Gasteiger partial charge in [0, 0.05) is 6.07 Å². The molecule has 0 spiro atoms. The van der Waals surface area contributed by atoms with Crippen molar-refractivity contribution < 1.29 is 19.6 Å². The highest BCUT2D eigenvalue weighted by molar-refractivity contribution is 9.10. The lowest BCUT2D eigenvalue weighted by molar-refractivity contribution is -0.386. The third kappa shape index (κ3) is 2.98. The van der Waals surface area contributed by atoms with Gasteiger partial charge in [-0.15, -0.1) is 6.42 Å². The van der Waals surface area contributed by atoms with Crippen molar-refractivity contribution in [2.45, 2.75) is 0 Å². The number of terminal acetylenes is 1. The minimum absolute atomic E-state index is 0.104. The molecule has 1 heterocycles. The van der Waals surface area contributed by atoms with Gasteiger partial charge in [0.05, 0.1) is 20.8 Å². The highest BCUT2D eigenvalue weighted by Crippen LogP contribution is 2.37. The van der Waals surface area contributed by atoms with Gasteiger partial charge < -0.3 is 5.11 Å². The molecule has 2 rings (SSSR count). The van der Waals surface area contributed by atoms with Crippen molar-refractivity contribution in [2.75, 3.05) is 6.54 Å². The largest absolute Gasteiger partial charge is 0.501 e. The Morgan fingerprint density at radius 2 is 2.18 bits per heavy atom. The van der Waals surface area contributed by atoms with Gasteiger partial charge >= 0.3 is 5.69 Å². The van der Waals surface area contributed by atoms with Crippen LogP contribution in [0.5, 0.6) is 5.75 Å². The molecule has 1 N–H and O–H groups in total. The van der Waals surface area contributed by atoms with Crippen molar-refractivity contribution in [2.24, 2.45) is 0 Å². The Morgan fingerprint density at radius 1 is 1.50 bits per heavy atom. The van der Waals surface area contributed by atoms with E-state index in [1.807, 2.05) is 0 Å². The minimum Gasteiger partial charge on any atom is -0.501 e. The number of thioether (sulfide) groups is 1. The molecule has 1 fully saturated rings. The number of carbonyl (C=O) groups excluding carboxylic acids is 2. The van der Waals surface area contributed by atoms with Crippen molar-refractivity contribution in [1.82, 2.24) is 4.90 Å². The van der Waals surface area contributed by atoms with E-state index < -0.39 is 27.5 Å². The summed E-state index contributed by atoms with van der Waals surface area (Å²) in [6.07, 6.45) is 6.42. The van der Waals surface area contributed by atoms with Gasteiger partial charge in [0.1, 0.15) is 0 Å². The standard InChI is InChI=1S/C13H7BrN2O5S/c1-2-3-15-12(18)10(22-13(15)19)6-7-4-8(14)11(17)9(5-7)16(20)21/h1,4-6,17H,3H2/b10-6+. The second-order valence-electron chi connectivity index (χ2n) is 4.10. The van der Waals surface area contributed by atoms with Crippen LogP contribution in [-0.4, -0.2) is 32.6 Å². The zero-order chi connectivity index (χ0) is 16.4. The number of amides is 2. The quantitative estimate of drug-likeness (QED) is 0.373. The first-order valence-electron chi connectivity index (χ1n) is 5.71.